The molecule has 0 spiro atoms. The van der Waals surface area contributed by atoms with Crippen LogP contribution in [0.2, 0.25) is 0 Å². The van der Waals surface area contributed by atoms with Gasteiger partial charge in [-0.25, -0.2) is 4.39 Å². The lowest BCUT2D eigenvalue weighted by atomic mass is 10.1. The first kappa shape index (κ1) is 16.6. The quantitative estimate of drug-likeness (QED) is 0.878. The van der Waals surface area contributed by atoms with Crippen molar-refractivity contribution >= 4 is 21.8 Å². The van der Waals surface area contributed by atoms with Gasteiger partial charge in [-0.1, -0.05) is 46.3 Å². The lowest BCUT2D eigenvalue weighted by Gasteiger charge is -2.25. The molecular formula is C17H18BrFN2O. The van der Waals surface area contributed by atoms with E-state index >= 15 is 0 Å². The first-order chi connectivity index (χ1) is 10.5. The van der Waals surface area contributed by atoms with Crippen molar-refractivity contribution < 1.29 is 9.18 Å². The van der Waals surface area contributed by atoms with E-state index in [1.807, 2.05) is 49.3 Å². The van der Waals surface area contributed by atoms with Gasteiger partial charge in [0.05, 0.1) is 11.6 Å². The van der Waals surface area contributed by atoms with Crippen LogP contribution in [-0.2, 0) is 0 Å². The minimum absolute atomic E-state index is 0.0312. The van der Waals surface area contributed by atoms with Crippen molar-refractivity contribution in [3.05, 3.63) is 69.9 Å². The van der Waals surface area contributed by atoms with Gasteiger partial charge in [0.15, 0.2) is 0 Å². The number of hydrogen-bond acceptors (Lipinski definition) is 2. The molecule has 1 unspecified atom stereocenters. The van der Waals surface area contributed by atoms with Crippen molar-refractivity contribution in [1.82, 2.24) is 10.2 Å². The van der Waals surface area contributed by atoms with Gasteiger partial charge in [-0.3, -0.25) is 4.79 Å². The van der Waals surface area contributed by atoms with Crippen LogP contribution in [-0.4, -0.2) is 31.4 Å². The van der Waals surface area contributed by atoms with Crippen LogP contribution in [0.15, 0.2) is 53.0 Å². The van der Waals surface area contributed by atoms with Crippen molar-refractivity contribution in [2.24, 2.45) is 0 Å². The summed E-state index contributed by atoms with van der Waals surface area (Å²) >= 11 is 3.18. The zero-order valence-corrected chi connectivity index (χ0v) is 14.1. The highest BCUT2D eigenvalue weighted by molar-refractivity contribution is 9.10. The molecule has 0 aromatic heterocycles. The number of benzene rings is 2. The second kappa shape index (κ2) is 7.51. The van der Waals surface area contributed by atoms with Gasteiger partial charge in [0.25, 0.3) is 5.91 Å². The van der Waals surface area contributed by atoms with Gasteiger partial charge in [-0.2, -0.15) is 0 Å². The number of carbonyl (C=O) groups is 1. The first-order valence-electron chi connectivity index (χ1n) is 6.93. The fraction of sp³-hybridized carbons (Fsp3) is 0.235. The Bertz CT molecular complexity index is 646. The molecule has 0 radical (unpaired) electrons. The Kier molecular flexibility index (Phi) is 5.69. The van der Waals surface area contributed by atoms with Crippen LogP contribution in [0, 0.1) is 5.82 Å². The fourth-order valence-corrected chi connectivity index (χ4v) is 2.57. The van der Waals surface area contributed by atoms with Crippen molar-refractivity contribution in [2.45, 2.75) is 6.04 Å². The Morgan fingerprint density at radius 2 is 1.91 bits per heavy atom. The summed E-state index contributed by atoms with van der Waals surface area (Å²) in [6, 6.07) is 14.3. The second-order valence-electron chi connectivity index (χ2n) is 5.22. The minimum Gasteiger partial charge on any atom is -0.350 e. The van der Waals surface area contributed by atoms with Crippen LogP contribution in [0.4, 0.5) is 4.39 Å². The molecule has 5 heteroatoms. The van der Waals surface area contributed by atoms with E-state index in [1.54, 1.807) is 6.07 Å². The SMILES string of the molecule is CN(C)C(CNC(=O)c1ccc(Br)cc1F)c1ccccc1. The Balaban J connectivity index is 2.08. The molecule has 0 heterocycles. The highest BCUT2D eigenvalue weighted by Gasteiger charge is 2.17. The van der Waals surface area contributed by atoms with Gasteiger partial charge in [-0.05, 0) is 37.9 Å². The summed E-state index contributed by atoms with van der Waals surface area (Å²) in [5.41, 5.74) is 1.15. The van der Waals surface area contributed by atoms with Gasteiger partial charge in [0.2, 0.25) is 0 Å². The predicted octanol–water partition coefficient (Wildman–Crippen LogP) is 3.62. The van der Waals surface area contributed by atoms with E-state index in [0.717, 1.165) is 5.56 Å². The smallest absolute Gasteiger partial charge is 0.254 e. The third kappa shape index (κ3) is 4.15. The molecule has 2 aromatic carbocycles. The number of rotatable bonds is 5. The highest BCUT2D eigenvalue weighted by Crippen LogP contribution is 2.18. The Morgan fingerprint density at radius 3 is 2.50 bits per heavy atom. The molecule has 3 nitrogen and oxygen atoms in total. The number of hydrogen-bond donors (Lipinski definition) is 1. The molecule has 0 aliphatic heterocycles. The number of nitrogens with zero attached hydrogens (tertiary/aromatic N) is 1. The van der Waals surface area contributed by atoms with Crippen molar-refractivity contribution in [3.8, 4) is 0 Å². The Morgan fingerprint density at radius 1 is 1.23 bits per heavy atom. The maximum Gasteiger partial charge on any atom is 0.254 e. The van der Waals surface area contributed by atoms with Crippen molar-refractivity contribution in [1.29, 1.82) is 0 Å². The molecule has 0 bridgehead atoms. The zero-order valence-electron chi connectivity index (χ0n) is 12.5. The van der Waals surface area contributed by atoms with Gasteiger partial charge in [-0.15, -0.1) is 0 Å². The maximum atomic E-state index is 13.8. The van der Waals surface area contributed by atoms with Gasteiger partial charge in [0.1, 0.15) is 5.82 Å². The van der Waals surface area contributed by atoms with Crippen LogP contribution >= 0.6 is 15.9 Å². The molecule has 0 saturated heterocycles. The molecule has 0 aliphatic rings. The summed E-state index contributed by atoms with van der Waals surface area (Å²) in [5.74, 6) is -0.944. The number of likely N-dealkylation sites (N-methyl/N-ethyl adjacent to an activating group) is 1. The van der Waals surface area contributed by atoms with Crippen LogP contribution in [0.25, 0.3) is 0 Å². The molecule has 116 valence electrons. The molecular weight excluding hydrogens is 347 g/mol. The van der Waals surface area contributed by atoms with Gasteiger partial charge in [0, 0.05) is 11.0 Å². The molecule has 0 aliphatic carbocycles. The standard InChI is InChI=1S/C17H18BrFN2O/c1-21(2)16(12-6-4-3-5-7-12)11-20-17(22)14-9-8-13(18)10-15(14)19/h3-10,16H,11H2,1-2H3,(H,20,22). The average Bonchev–Trinajstić information content (AvgIpc) is 2.48. The summed E-state index contributed by atoms with van der Waals surface area (Å²) < 4.78 is 14.4. The van der Waals surface area contributed by atoms with E-state index in [9.17, 15) is 9.18 Å². The Hall–Kier alpha value is -1.72. The lowest BCUT2D eigenvalue weighted by molar-refractivity contribution is 0.0938. The van der Waals surface area contributed by atoms with Crippen LogP contribution < -0.4 is 5.32 Å². The minimum atomic E-state index is -0.534. The summed E-state index contributed by atoms with van der Waals surface area (Å²) in [7, 11) is 3.90. The maximum absolute atomic E-state index is 13.8. The van der Waals surface area contributed by atoms with Gasteiger partial charge >= 0.3 is 0 Å². The summed E-state index contributed by atoms with van der Waals surface area (Å²) in [6.07, 6.45) is 0. The third-order valence-electron chi connectivity index (χ3n) is 3.44. The summed E-state index contributed by atoms with van der Waals surface area (Å²) in [5, 5.41) is 2.80. The van der Waals surface area contributed by atoms with E-state index in [0.29, 0.717) is 11.0 Å². The Labute approximate surface area is 138 Å². The van der Waals surface area contributed by atoms with Crippen LogP contribution in [0.3, 0.4) is 0 Å². The third-order valence-corrected chi connectivity index (χ3v) is 3.93. The highest BCUT2D eigenvalue weighted by atomic mass is 79.9. The summed E-state index contributed by atoms with van der Waals surface area (Å²) in [4.78, 5) is 14.2. The van der Waals surface area contributed by atoms with Crippen molar-refractivity contribution in [3.63, 3.8) is 0 Å². The number of amides is 1. The van der Waals surface area contributed by atoms with Crippen LogP contribution in [0.1, 0.15) is 22.0 Å². The molecule has 1 N–H and O–H groups in total. The largest absolute Gasteiger partial charge is 0.350 e. The number of halogens is 2. The van der Waals surface area contributed by atoms with Crippen molar-refractivity contribution in [2.75, 3.05) is 20.6 Å². The second-order valence-corrected chi connectivity index (χ2v) is 6.14. The predicted molar refractivity (Wildman–Crippen MR) is 89.3 cm³/mol. The summed E-state index contributed by atoms with van der Waals surface area (Å²) in [6.45, 7) is 0.408. The molecule has 2 aromatic rings. The van der Waals surface area contributed by atoms with E-state index < -0.39 is 11.7 Å². The van der Waals surface area contributed by atoms with Gasteiger partial charge < -0.3 is 10.2 Å². The first-order valence-corrected chi connectivity index (χ1v) is 7.73. The molecule has 1 amide bonds. The topological polar surface area (TPSA) is 32.3 Å². The molecule has 1 atom stereocenters. The normalized spacial score (nSPS) is 12.2. The van der Waals surface area contributed by atoms with E-state index in [4.69, 9.17) is 0 Å². The number of nitrogens with one attached hydrogen (secondary N) is 1. The lowest BCUT2D eigenvalue weighted by Crippen LogP contribution is -2.34. The molecule has 0 saturated carbocycles. The monoisotopic (exact) mass is 364 g/mol. The van der Waals surface area contributed by atoms with E-state index in [2.05, 4.69) is 21.2 Å². The number of carbonyl (C=O) groups excluding carboxylic acids is 1. The molecule has 2 rings (SSSR count). The molecule has 0 fully saturated rings. The van der Waals surface area contributed by atoms with E-state index in [-0.39, 0.29) is 11.6 Å². The molecule has 22 heavy (non-hydrogen) atoms. The van der Waals surface area contributed by atoms with E-state index in [1.165, 1.54) is 12.1 Å². The fourth-order valence-electron chi connectivity index (χ4n) is 2.23. The zero-order chi connectivity index (χ0) is 16.1. The average molecular weight is 365 g/mol. The van der Waals surface area contributed by atoms with Crippen LogP contribution in [0.5, 0.6) is 0 Å².